The third kappa shape index (κ3) is 7.66. The standard InChI is InChI=1S/C34H40N4O5/c1-33(2,3)42-31(39)36-20-23-8-7-9-25(18-23)28-22-41-29-19-26(21-35-30(28)29)24-10-12-27(13-11-24)37-14-16-38(17-15-37)32(40)43-34(4,5)6/h7-13,18-19,21-22H,14-17,20H2,1-6H3,(H,36,39). The molecular formula is C34H40N4O5. The van der Waals surface area contributed by atoms with Crippen molar-refractivity contribution in [2.75, 3.05) is 31.1 Å². The summed E-state index contributed by atoms with van der Waals surface area (Å²) in [6.45, 7) is 14.3. The number of nitrogens with one attached hydrogen (secondary N) is 1. The Morgan fingerprint density at radius 3 is 2.23 bits per heavy atom. The fraction of sp³-hybridized carbons (Fsp3) is 0.382. The van der Waals surface area contributed by atoms with E-state index in [0.717, 1.165) is 52.1 Å². The van der Waals surface area contributed by atoms with Gasteiger partial charge in [0.05, 0.1) is 0 Å². The second-order valence-corrected chi connectivity index (χ2v) is 12.8. The van der Waals surface area contributed by atoms with Crippen molar-refractivity contribution in [1.82, 2.24) is 15.2 Å². The van der Waals surface area contributed by atoms with Crippen LogP contribution < -0.4 is 10.2 Å². The molecule has 1 saturated heterocycles. The first kappa shape index (κ1) is 29.9. The van der Waals surface area contributed by atoms with Crippen molar-refractivity contribution in [1.29, 1.82) is 0 Å². The highest BCUT2D eigenvalue weighted by molar-refractivity contribution is 5.92. The maximum Gasteiger partial charge on any atom is 0.410 e. The zero-order chi connectivity index (χ0) is 30.8. The fourth-order valence-electron chi connectivity index (χ4n) is 4.95. The van der Waals surface area contributed by atoms with E-state index in [0.29, 0.717) is 25.2 Å². The van der Waals surface area contributed by atoms with Crippen LogP contribution in [-0.4, -0.2) is 59.5 Å². The predicted molar refractivity (Wildman–Crippen MR) is 168 cm³/mol. The number of carbonyl (C=O) groups is 2. The van der Waals surface area contributed by atoms with Gasteiger partial charge in [-0.3, -0.25) is 4.98 Å². The molecule has 2 amide bonds. The van der Waals surface area contributed by atoms with Gasteiger partial charge in [-0.25, -0.2) is 9.59 Å². The van der Waals surface area contributed by atoms with Crippen LogP contribution in [-0.2, 0) is 16.0 Å². The van der Waals surface area contributed by atoms with Crippen LogP contribution in [0.1, 0.15) is 47.1 Å². The molecule has 1 aliphatic heterocycles. The number of piperazine rings is 1. The molecule has 0 spiro atoms. The summed E-state index contributed by atoms with van der Waals surface area (Å²) in [5, 5.41) is 2.81. The van der Waals surface area contributed by atoms with Crippen LogP contribution in [0.5, 0.6) is 0 Å². The summed E-state index contributed by atoms with van der Waals surface area (Å²) >= 11 is 0. The Balaban J connectivity index is 1.23. The fourth-order valence-corrected chi connectivity index (χ4v) is 4.95. The minimum atomic E-state index is -0.547. The number of anilines is 1. The highest BCUT2D eigenvalue weighted by Crippen LogP contribution is 2.33. The highest BCUT2D eigenvalue weighted by atomic mass is 16.6. The van der Waals surface area contributed by atoms with Crippen molar-refractivity contribution < 1.29 is 23.5 Å². The number of alkyl carbamates (subject to hydrolysis) is 1. The smallest absolute Gasteiger partial charge is 0.410 e. The van der Waals surface area contributed by atoms with Crippen LogP contribution in [0.3, 0.4) is 0 Å². The number of hydrogen-bond acceptors (Lipinski definition) is 7. The van der Waals surface area contributed by atoms with Gasteiger partial charge in [0.2, 0.25) is 0 Å². The summed E-state index contributed by atoms with van der Waals surface area (Å²) in [6, 6.07) is 18.3. The lowest BCUT2D eigenvalue weighted by Crippen LogP contribution is -2.50. The van der Waals surface area contributed by atoms with Crippen molar-refractivity contribution in [2.24, 2.45) is 0 Å². The summed E-state index contributed by atoms with van der Waals surface area (Å²) in [6.07, 6.45) is 2.88. The van der Waals surface area contributed by atoms with E-state index >= 15 is 0 Å². The topological polar surface area (TPSA) is 97.1 Å². The molecule has 2 aromatic carbocycles. The number of nitrogens with zero attached hydrogens (tertiary/aromatic N) is 3. The lowest BCUT2D eigenvalue weighted by molar-refractivity contribution is 0.0240. The number of aromatic nitrogens is 1. The Hall–Kier alpha value is -4.53. The Bertz CT molecular complexity index is 1590. The van der Waals surface area contributed by atoms with Gasteiger partial charge in [-0.2, -0.15) is 0 Å². The third-order valence-electron chi connectivity index (χ3n) is 6.98. The Morgan fingerprint density at radius 1 is 0.860 bits per heavy atom. The number of carbonyl (C=O) groups excluding carboxylic acids is 2. The zero-order valence-corrected chi connectivity index (χ0v) is 25.8. The monoisotopic (exact) mass is 584 g/mol. The van der Waals surface area contributed by atoms with Crippen molar-refractivity contribution in [3.8, 4) is 22.3 Å². The SMILES string of the molecule is CC(C)(C)OC(=O)NCc1cccc(-c2coc3cc(-c4ccc(N5CCN(C(=O)OC(C)(C)C)CC5)cc4)cnc23)c1. The molecule has 0 aliphatic carbocycles. The molecule has 5 rings (SSSR count). The van der Waals surface area contributed by atoms with E-state index in [1.54, 1.807) is 11.2 Å². The largest absolute Gasteiger partial charge is 0.462 e. The molecule has 1 fully saturated rings. The maximum atomic E-state index is 12.4. The lowest BCUT2D eigenvalue weighted by atomic mass is 10.0. The summed E-state index contributed by atoms with van der Waals surface area (Å²) in [7, 11) is 0. The third-order valence-corrected chi connectivity index (χ3v) is 6.98. The van der Waals surface area contributed by atoms with Gasteiger partial charge in [0, 0.05) is 55.7 Å². The van der Waals surface area contributed by atoms with E-state index in [-0.39, 0.29) is 6.09 Å². The first-order chi connectivity index (χ1) is 20.3. The molecule has 4 aromatic rings. The van der Waals surface area contributed by atoms with E-state index in [9.17, 15) is 9.59 Å². The van der Waals surface area contributed by atoms with E-state index < -0.39 is 17.3 Å². The normalized spacial score (nSPS) is 14.1. The minimum absolute atomic E-state index is 0.255. The Labute approximate surface area is 252 Å². The molecule has 9 nitrogen and oxygen atoms in total. The van der Waals surface area contributed by atoms with Gasteiger partial charge in [-0.05, 0) is 82.5 Å². The van der Waals surface area contributed by atoms with Gasteiger partial charge in [-0.15, -0.1) is 0 Å². The summed E-state index contributed by atoms with van der Waals surface area (Å²) < 4.78 is 16.8. The molecule has 0 atom stereocenters. The Morgan fingerprint density at radius 2 is 1.56 bits per heavy atom. The minimum Gasteiger partial charge on any atom is -0.462 e. The first-order valence-electron chi connectivity index (χ1n) is 14.6. The quantitative estimate of drug-likeness (QED) is 0.264. The van der Waals surface area contributed by atoms with Crippen LogP contribution in [0.4, 0.5) is 15.3 Å². The average molecular weight is 585 g/mol. The second-order valence-electron chi connectivity index (χ2n) is 12.8. The molecule has 3 heterocycles. The van der Waals surface area contributed by atoms with Crippen LogP contribution in [0, 0.1) is 0 Å². The van der Waals surface area contributed by atoms with E-state index in [1.807, 2.05) is 78.1 Å². The van der Waals surface area contributed by atoms with Gasteiger partial charge in [-0.1, -0.05) is 30.3 Å². The molecule has 0 unspecified atom stereocenters. The van der Waals surface area contributed by atoms with Crippen molar-refractivity contribution in [3.63, 3.8) is 0 Å². The molecule has 9 heteroatoms. The molecule has 1 aliphatic rings. The van der Waals surface area contributed by atoms with Crippen molar-refractivity contribution >= 4 is 29.0 Å². The zero-order valence-electron chi connectivity index (χ0n) is 25.8. The molecule has 2 aromatic heterocycles. The number of amides is 2. The van der Waals surface area contributed by atoms with Gasteiger partial charge < -0.3 is 29.0 Å². The maximum absolute atomic E-state index is 12.4. The predicted octanol–water partition coefficient (Wildman–Crippen LogP) is 7.24. The molecule has 0 bridgehead atoms. The van der Waals surface area contributed by atoms with Gasteiger partial charge >= 0.3 is 12.2 Å². The molecule has 43 heavy (non-hydrogen) atoms. The van der Waals surface area contributed by atoms with Crippen LogP contribution >= 0.6 is 0 Å². The molecule has 0 saturated carbocycles. The number of hydrogen-bond donors (Lipinski definition) is 1. The van der Waals surface area contributed by atoms with Crippen LogP contribution in [0.2, 0.25) is 0 Å². The summed E-state index contributed by atoms with van der Waals surface area (Å²) in [5.74, 6) is 0. The summed E-state index contributed by atoms with van der Waals surface area (Å²) in [5.41, 5.74) is 6.35. The van der Waals surface area contributed by atoms with E-state index in [4.69, 9.17) is 18.9 Å². The number of fused-ring (bicyclic) bond motifs is 1. The average Bonchev–Trinajstić information content (AvgIpc) is 3.38. The number of furan rings is 1. The molecule has 226 valence electrons. The van der Waals surface area contributed by atoms with Gasteiger partial charge in [0.15, 0.2) is 5.58 Å². The number of benzene rings is 2. The van der Waals surface area contributed by atoms with Crippen LogP contribution in [0.15, 0.2) is 71.5 Å². The highest BCUT2D eigenvalue weighted by Gasteiger charge is 2.26. The van der Waals surface area contributed by atoms with Crippen molar-refractivity contribution in [2.45, 2.75) is 59.3 Å². The van der Waals surface area contributed by atoms with Gasteiger partial charge in [0.25, 0.3) is 0 Å². The Kier molecular flexibility index (Phi) is 8.35. The second kappa shape index (κ2) is 12.0. The number of rotatable bonds is 5. The number of pyridine rings is 1. The lowest BCUT2D eigenvalue weighted by Gasteiger charge is -2.36. The van der Waals surface area contributed by atoms with Crippen molar-refractivity contribution in [3.05, 3.63) is 72.6 Å². The molecular weight excluding hydrogens is 544 g/mol. The number of ether oxygens (including phenoxy) is 2. The molecule has 0 radical (unpaired) electrons. The van der Waals surface area contributed by atoms with E-state index in [2.05, 4.69) is 34.5 Å². The van der Waals surface area contributed by atoms with Crippen LogP contribution in [0.25, 0.3) is 33.4 Å². The van der Waals surface area contributed by atoms with E-state index in [1.165, 1.54) is 0 Å². The van der Waals surface area contributed by atoms with Gasteiger partial charge in [0.1, 0.15) is 23.0 Å². The molecule has 1 N–H and O–H groups in total. The summed E-state index contributed by atoms with van der Waals surface area (Å²) in [4.78, 5) is 33.3. The first-order valence-corrected chi connectivity index (χ1v) is 14.6.